The Kier molecular flexibility index (Phi) is 7.80. The summed E-state index contributed by atoms with van der Waals surface area (Å²) in [5, 5.41) is 25.7. The number of rotatable bonds is 9. The number of ether oxygens (including phenoxy) is 1. The van der Waals surface area contributed by atoms with Crippen LogP contribution in [-0.4, -0.2) is 50.3 Å². The molecular weight excluding hydrogens is 530 g/mol. The number of anilines is 2. The van der Waals surface area contributed by atoms with Gasteiger partial charge in [0, 0.05) is 52.5 Å². The number of methoxy groups -OCH3 is 1. The Hall–Kier alpha value is -5.19. The molecule has 0 saturated carbocycles. The Balaban J connectivity index is 1.25. The second-order valence-corrected chi connectivity index (χ2v) is 9.93. The topological polar surface area (TPSA) is 129 Å². The van der Waals surface area contributed by atoms with E-state index in [9.17, 15) is 9.90 Å². The van der Waals surface area contributed by atoms with Crippen molar-refractivity contribution in [2.75, 3.05) is 17.7 Å². The van der Waals surface area contributed by atoms with Crippen molar-refractivity contribution >= 4 is 28.4 Å². The number of H-pyrrole nitrogens is 1. The molecule has 10 heteroatoms. The van der Waals surface area contributed by atoms with Crippen molar-refractivity contribution in [2.24, 2.45) is 0 Å². The van der Waals surface area contributed by atoms with Crippen LogP contribution in [0, 0.1) is 0 Å². The number of nitrogens with one attached hydrogen (secondary N) is 4. The van der Waals surface area contributed by atoms with E-state index in [0.29, 0.717) is 11.4 Å². The van der Waals surface area contributed by atoms with Gasteiger partial charge in [-0.05, 0) is 60.5 Å². The molecule has 0 radical (unpaired) electrons. The largest absolute Gasteiger partial charge is 0.497 e. The number of aliphatic hydroxyl groups is 1. The highest BCUT2D eigenvalue weighted by Gasteiger charge is 2.19. The van der Waals surface area contributed by atoms with Gasteiger partial charge < -0.3 is 25.5 Å². The molecule has 1 aliphatic carbocycles. The first-order valence-corrected chi connectivity index (χ1v) is 13.7. The fourth-order valence-electron chi connectivity index (χ4n) is 5.03. The number of para-hydroxylation sites is 1. The summed E-state index contributed by atoms with van der Waals surface area (Å²) in [6.45, 7) is 0.240. The minimum Gasteiger partial charge on any atom is -0.497 e. The Morgan fingerprint density at radius 3 is 2.64 bits per heavy atom. The zero-order valence-electron chi connectivity index (χ0n) is 23.0. The van der Waals surface area contributed by atoms with E-state index in [0.717, 1.165) is 45.6 Å². The molecule has 0 bridgehead atoms. The fourth-order valence-corrected chi connectivity index (χ4v) is 5.03. The summed E-state index contributed by atoms with van der Waals surface area (Å²) >= 11 is 0. The van der Waals surface area contributed by atoms with Crippen molar-refractivity contribution in [1.29, 1.82) is 0 Å². The van der Waals surface area contributed by atoms with Crippen LogP contribution in [0.3, 0.4) is 0 Å². The smallest absolute Gasteiger partial charge is 0.323 e. The minimum absolute atomic E-state index is 0.0479. The fraction of sp³-hybridized carbons (Fsp3) is 0.156. The van der Waals surface area contributed by atoms with E-state index in [1.54, 1.807) is 18.0 Å². The number of fused-ring (bicyclic) bond motifs is 1. The van der Waals surface area contributed by atoms with Crippen molar-refractivity contribution in [3.63, 3.8) is 0 Å². The van der Waals surface area contributed by atoms with Crippen LogP contribution in [0.25, 0.3) is 33.4 Å². The molecular formula is C32H31N7O3. The molecule has 1 aliphatic rings. The van der Waals surface area contributed by atoms with Gasteiger partial charge in [0.25, 0.3) is 0 Å². The first kappa shape index (κ1) is 27.0. The number of aliphatic hydroxyl groups excluding tert-OH is 1. The molecule has 3 aromatic heterocycles. The summed E-state index contributed by atoms with van der Waals surface area (Å²) in [6, 6.07) is 20.4. The third-order valence-corrected chi connectivity index (χ3v) is 7.00. The van der Waals surface area contributed by atoms with Crippen LogP contribution in [0.2, 0.25) is 0 Å². The lowest BCUT2D eigenvalue weighted by molar-refractivity contribution is 0.106. The number of benzene rings is 2. The number of pyridine rings is 1. The van der Waals surface area contributed by atoms with Gasteiger partial charge in [0.15, 0.2) is 0 Å². The molecule has 10 nitrogen and oxygen atoms in total. The van der Waals surface area contributed by atoms with Crippen LogP contribution in [0.15, 0.2) is 109 Å². The van der Waals surface area contributed by atoms with Gasteiger partial charge in [0.05, 0.1) is 13.7 Å². The minimum atomic E-state index is -0.837. The Morgan fingerprint density at radius 2 is 1.86 bits per heavy atom. The summed E-state index contributed by atoms with van der Waals surface area (Å²) in [6.07, 6.45) is 11.4. The van der Waals surface area contributed by atoms with Gasteiger partial charge in [-0.3, -0.25) is 10.00 Å². The first-order valence-electron chi connectivity index (χ1n) is 13.7. The van der Waals surface area contributed by atoms with E-state index in [4.69, 9.17) is 9.84 Å². The number of aromatic amines is 1. The standard InChI is InChI=1S/C32H31N7O3/c1-42-25-9-5-8-24(18-25)35-29(40)20-39-19-28(26-14-16-33-31-27(26)15-17-34-31)30(38-39)21-10-12-23(13-11-21)37-32(41)36-22-6-3-2-4-7-22/h2-7,9-19,24,29,35,40H,8,20H2,1H3,(H,33,34)(H2,36,37,41). The van der Waals surface area contributed by atoms with Crippen molar-refractivity contribution in [3.8, 4) is 22.4 Å². The van der Waals surface area contributed by atoms with E-state index >= 15 is 0 Å². The predicted molar refractivity (Wildman–Crippen MR) is 164 cm³/mol. The maximum atomic E-state index is 12.5. The summed E-state index contributed by atoms with van der Waals surface area (Å²) in [7, 11) is 1.63. The molecule has 5 aromatic rings. The van der Waals surface area contributed by atoms with Crippen LogP contribution in [0.5, 0.6) is 0 Å². The van der Waals surface area contributed by atoms with Gasteiger partial charge in [0.2, 0.25) is 0 Å². The second kappa shape index (κ2) is 12.1. The number of hydrogen-bond donors (Lipinski definition) is 5. The molecule has 0 saturated heterocycles. The van der Waals surface area contributed by atoms with E-state index in [2.05, 4.69) is 25.9 Å². The molecule has 0 fully saturated rings. The van der Waals surface area contributed by atoms with E-state index < -0.39 is 6.23 Å². The quantitative estimate of drug-likeness (QED) is 0.151. The van der Waals surface area contributed by atoms with Gasteiger partial charge in [-0.1, -0.05) is 36.4 Å². The van der Waals surface area contributed by atoms with Crippen LogP contribution >= 0.6 is 0 Å². The molecule has 0 spiro atoms. The van der Waals surface area contributed by atoms with Gasteiger partial charge in [0.1, 0.15) is 23.3 Å². The van der Waals surface area contributed by atoms with Crippen LogP contribution < -0.4 is 16.0 Å². The molecule has 2 amide bonds. The Labute approximate surface area is 242 Å². The Morgan fingerprint density at radius 1 is 1.07 bits per heavy atom. The number of carbonyl (C=O) groups excluding carboxylic acids is 1. The molecule has 42 heavy (non-hydrogen) atoms. The SMILES string of the molecule is COC1=CC(NC(O)Cn2cc(-c3ccnc4[nH]ccc34)c(-c3ccc(NC(=O)Nc4ccccc4)cc3)n2)CC=C1. The highest BCUT2D eigenvalue weighted by Crippen LogP contribution is 2.35. The molecule has 2 atom stereocenters. The summed E-state index contributed by atoms with van der Waals surface area (Å²) in [4.78, 5) is 20.1. The van der Waals surface area contributed by atoms with Crippen molar-refractivity contribution in [2.45, 2.75) is 25.2 Å². The summed E-state index contributed by atoms with van der Waals surface area (Å²) in [5.41, 5.74) is 5.63. The number of amides is 2. The zero-order chi connectivity index (χ0) is 28.9. The maximum absolute atomic E-state index is 12.5. The molecule has 3 heterocycles. The predicted octanol–water partition coefficient (Wildman–Crippen LogP) is 5.50. The Bertz CT molecular complexity index is 1740. The third-order valence-electron chi connectivity index (χ3n) is 7.00. The summed E-state index contributed by atoms with van der Waals surface area (Å²) < 4.78 is 7.07. The molecule has 2 aromatic carbocycles. The first-order chi connectivity index (χ1) is 20.6. The highest BCUT2D eigenvalue weighted by atomic mass is 16.5. The maximum Gasteiger partial charge on any atom is 0.323 e. The molecule has 5 N–H and O–H groups in total. The van der Waals surface area contributed by atoms with E-state index in [1.165, 1.54) is 0 Å². The number of allylic oxidation sites excluding steroid dienone is 1. The number of nitrogens with zero attached hydrogens (tertiary/aromatic N) is 3. The number of carbonyl (C=O) groups is 1. The van der Waals surface area contributed by atoms with Crippen molar-refractivity contribution < 1.29 is 14.6 Å². The molecule has 0 aliphatic heterocycles. The lowest BCUT2D eigenvalue weighted by Crippen LogP contribution is -2.40. The number of aromatic nitrogens is 4. The van der Waals surface area contributed by atoms with E-state index in [1.807, 2.05) is 97.4 Å². The van der Waals surface area contributed by atoms with Gasteiger partial charge in [-0.15, -0.1) is 0 Å². The monoisotopic (exact) mass is 561 g/mol. The van der Waals surface area contributed by atoms with Crippen molar-refractivity contribution in [3.05, 3.63) is 109 Å². The number of hydrogen-bond acceptors (Lipinski definition) is 6. The number of urea groups is 1. The summed E-state index contributed by atoms with van der Waals surface area (Å²) in [5.74, 6) is 0.762. The van der Waals surface area contributed by atoms with E-state index in [-0.39, 0.29) is 18.6 Å². The van der Waals surface area contributed by atoms with Crippen LogP contribution in [0.1, 0.15) is 6.42 Å². The average Bonchev–Trinajstić information content (AvgIpc) is 3.65. The normalized spacial score (nSPS) is 15.3. The van der Waals surface area contributed by atoms with Gasteiger partial charge >= 0.3 is 6.03 Å². The average molecular weight is 562 g/mol. The lowest BCUT2D eigenvalue weighted by atomic mass is 10.0. The molecule has 6 rings (SSSR count). The molecule has 212 valence electrons. The zero-order valence-corrected chi connectivity index (χ0v) is 23.0. The lowest BCUT2D eigenvalue weighted by Gasteiger charge is -2.21. The van der Waals surface area contributed by atoms with Gasteiger partial charge in [-0.25, -0.2) is 9.78 Å². The third kappa shape index (κ3) is 6.09. The van der Waals surface area contributed by atoms with Crippen LogP contribution in [-0.2, 0) is 11.3 Å². The molecule has 2 unspecified atom stereocenters. The second-order valence-electron chi connectivity index (χ2n) is 9.93. The van der Waals surface area contributed by atoms with Crippen molar-refractivity contribution in [1.82, 2.24) is 25.1 Å². The van der Waals surface area contributed by atoms with Gasteiger partial charge in [-0.2, -0.15) is 5.10 Å². The van der Waals surface area contributed by atoms with Crippen LogP contribution in [0.4, 0.5) is 16.2 Å². The highest BCUT2D eigenvalue weighted by molar-refractivity contribution is 6.00.